The van der Waals surface area contributed by atoms with Crippen LogP contribution in [-0.4, -0.2) is 18.3 Å². The molecule has 0 aliphatic carbocycles. The van der Waals surface area contributed by atoms with Crippen LogP contribution in [0.25, 0.3) is 0 Å². The molecule has 2 rings (SSSR count). The molecular weight excluding hydrogens is 184 g/mol. The number of aliphatic hydroxyl groups is 1. The highest BCUT2D eigenvalue weighted by molar-refractivity contribution is 7.10. The van der Waals surface area contributed by atoms with E-state index in [2.05, 4.69) is 0 Å². The van der Waals surface area contributed by atoms with Crippen LogP contribution in [0.3, 0.4) is 0 Å². The maximum Gasteiger partial charge on any atom is 0.0911 e. The maximum absolute atomic E-state index is 9.99. The summed E-state index contributed by atoms with van der Waals surface area (Å²) in [5.74, 6) is 0.396. The van der Waals surface area contributed by atoms with Crippen molar-refractivity contribution in [3.05, 3.63) is 22.4 Å². The van der Waals surface area contributed by atoms with Crippen molar-refractivity contribution in [3.8, 4) is 0 Å². The van der Waals surface area contributed by atoms with Gasteiger partial charge in [-0.3, -0.25) is 0 Å². The SMILES string of the molecule is O[C@@H](c1cccs1)C1CCOCC1. The fourth-order valence-electron chi connectivity index (χ4n) is 1.72. The molecule has 1 N–H and O–H groups in total. The number of ether oxygens (including phenoxy) is 1. The predicted octanol–water partition coefficient (Wildman–Crippen LogP) is 2.21. The zero-order valence-corrected chi connectivity index (χ0v) is 8.30. The zero-order valence-electron chi connectivity index (χ0n) is 7.48. The summed E-state index contributed by atoms with van der Waals surface area (Å²) < 4.78 is 5.26. The van der Waals surface area contributed by atoms with Crippen LogP contribution >= 0.6 is 11.3 Å². The van der Waals surface area contributed by atoms with Crippen LogP contribution in [0.15, 0.2) is 17.5 Å². The van der Waals surface area contributed by atoms with Crippen LogP contribution in [0, 0.1) is 5.92 Å². The van der Waals surface area contributed by atoms with Crippen molar-refractivity contribution in [1.29, 1.82) is 0 Å². The van der Waals surface area contributed by atoms with Gasteiger partial charge in [-0.25, -0.2) is 0 Å². The summed E-state index contributed by atoms with van der Waals surface area (Å²) in [4.78, 5) is 1.09. The molecule has 2 heterocycles. The van der Waals surface area contributed by atoms with Gasteiger partial charge in [-0.2, -0.15) is 0 Å². The Hall–Kier alpha value is -0.380. The Bertz CT molecular complexity index is 239. The highest BCUT2D eigenvalue weighted by Crippen LogP contribution is 2.31. The largest absolute Gasteiger partial charge is 0.387 e. The first-order chi connectivity index (χ1) is 6.38. The van der Waals surface area contributed by atoms with Crippen LogP contribution in [0.5, 0.6) is 0 Å². The van der Waals surface area contributed by atoms with Gasteiger partial charge in [0.1, 0.15) is 0 Å². The minimum Gasteiger partial charge on any atom is -0.387 e. The number of hydrogen-bond acceptors (Lipinski definition) is 3. The Morgan fingerprint density at radius 1 is 1.46 bits per heavy atom. The van der Waals surface area contributed by atoms with Crippen molar-refractivity contribution in [2.24, 2.45) is 5.92 Å². The molecule has 1 aliphatic heterocycles. The van der Waals surface area contributed by atoms with Gasteiger partial charge in [0.15, 0.2) is 0 Å². The molecule has 1 aromatic heterocycles. The molecule has 0 unspecified atom stereocenters. The van der Waals surface area contributed by atoms with E-state index in [1.807, 2.05) is 17.5 Å². The summed E-state index contributed by atoms with van der Waals surface area (Å²) in [6, 6.07) is 3.99. The molecule has 1 fully saturated rings. The Labute approximate surface area is 82.2 Å². The molecule has 0 amide bonds. The molecule has 1 atom stereocenters. The van der Waals surface area contributed by atoms with Gasteiger partial charge in [-0.05, 0) is 30.2 Å². The Kier molecular flexibility index (Phi) is 2.98. The molecule has 1 saturated heterocycles. The van der Waals surface area contributed by atoms with E-state index in [0.29, 0.717) is 5.92 Å². The topological polar surface area (TPSA) is 29.5 Å². The van der Waals surface area contributed by atoms with Gasteiger partial charge in [0.2, 0.25) is 0 Å². The normalized spacial score (nSPS) is 21.6. The Morgan fingerprint density at radius 3 is 2.85 bits per heavy atom. The summed E-state index contributed by atoms with van der Waals surface area (Å²) in [7, 11) is 0. The Morgan fingerprint density at radius 2 is 2.23 bits per heavy atom. The van der Waals surface area contributed by atoms with Crippen LogP contribution in [0.1, 0.15) is 23.8 Å². The minimum atomic E-state index is -0.274. The molecule has 0 saturated carbocycles. The lowest BCUT2D eigenvalue weighted by atomic mass is 9.93. The second-order valence-corrected chi connectivity index (χ2v) is 4.39. The van der Waals surface area contributed by atoms with E-state index in [4.69, 9.17) is 4.74 Å². The van der Waals surface area contributed by atoms with Gasteiger partial charge in [-0.1, -0.05) is 6.07 Å². The quantitative estimate of drug-likeness (QED) is 0.789. The molecule has 1 aliphatic rings. The second kappa shape index (κ2) is 4.22. The summed E-state index contributed by atoms with van der Waals surface area (Å²) in [6.07, 6.45) is 1.70. The van der Waals surface area contributed by atoms with Crippen LogP contribution in [0.4, 0.5) is 0 Å². The van der Waals surface area contributed by atoms with E-state index >= 15 is 0 Å². The fraction of sp³-hybridized carbons (Fsp3) is 0.600. The van der Waals surface area contributed by atoms with Crippen molar-refractivity contribution in [1.82, 2.24) is 0 Å². The van der Waals surface area contributed by atoms with Crippen LogP contribution in [0.2, 0.25) is 0 Å². The first-order valence-corrected chi connectivity index (χ1v) is 5.55. The van der Waals surface area contributed by atoms with Gasteiger partial charge in [-0.15, -0.1) is 11.3 Å². The summed E-state index contributed by atoms with van der Waals surface area (Å²) >= 11 is 1.63. The molecule has 0 spiro atoms. The molecule has 0 radical (unpaired) electrons. The minimum absolute atomic E-state index is 0.274. The zero-order chi connectivity index (χ0) is 9.10. The van der Waals surface area contributed by atoms with Gasteiger partial charge in [0.05, 0.1) is 6.10 Å². The summed E-state index contributed by atoms with van der Waals surface area (Å²) in [5, 5.41) is 12.0. The molecule has 13 heavy (non-hydrogen) atoms. The second-order valence-electron chi connectivity index (χ2n) is 3.41. The molecule has 2 nitrogen and oxygen atoms in total. The van der Waals surface area contributed by atoms with E-state index in [0.717, 1.165) is 30.9 Å². The lowest BCUT2D eigenvalue weighted by Gasteiger charge is -2.25. The standard InChI is InChI=1S/C10H14O2S/c11-10(9-2-1-7-13-9)8-3-5-12-6-4-8/h1-2,7-8,10-11H,3-6H2/t10-/m1/s1. The first kappa shape index (κ1) is 9.19. The highest BCUT2D eigenvalue weighted by Gasteiger charge is 2.23. The van der Waals surface area contributed by atoms with Crippen molar-refractivity contribution >= 4 is 11.3 Å². The lowest BCUT2D eigenvalue weighted by molar-refractivity contribution is 0.00854. The molecule has 1 aromatic rings. The fourth-order valence-corrected chi connectivity index (χ4v) is 2.53. The monoisotopic (exact) mass is 198 g/mol. The molecule has 0 bridgehead atoms. The number of aliphatic hydroxyl groups excluding tert-OH is 1. The highest BCUT2D eigenvalue weighted by atomic mass is 32.1. The van der Waals surface area contributed by atoms with Gasteiger partial charge in [0, 0.05) is 18.1 Å². The van der Waals surface area contributed by atoms with E-state index < -0.39 is 0 Å². The average Bonchev–Trinajstić information content (AvgIpc) is 2.71. The third-order valence-electron chi connectivity index (χ3n) is 2.55. The van der Waals surface area contributed by atoms with E-state index in [1.54, 1.807) is 11.3 Å². The van der Waals surface area contributed by atoms with E-state index in [1.165, 1.54) is 0 Å². The van der Waals surface area contributed by atoms with Crippen molar-refractivity contribution < 1.29 is 9.84 Å². The smallest absolute Gasteiger partial charge is 0.0911 e. The summed E-state index contributed by atoms with van der Waals surface area (Å²) in [5.41, 5.74) is 0. The third kappa shape index (κ3) is 2.10. The number of hydrogen-bond donors (Lipinski definition) is 1. The number of rotatable bonds is 2. The first-order valence-electron chi connectivity index (χ1n) is 4.67. The molecule has 0 aromatic carbocycles. The van der Waals surface area contributed by atoms with Gasteiger partial charge < -0.3 is 9.84 Å². The van der Waals surface area contributed by atoms with Gasteiger partial charge in [0.25, 0.3) is 0 Å². The maximum atomic E-state index is 9.99. The van der Waals surface area contributed by atoms with Crippen molar-refractivity contribution in [2.75, 3.05) is 13.2 Å². The van der Waals surface area contributed by atoms with Crippen molar-refractivity contribution in [2.45, 2.75) is 18.9 Å². The van der Waals surface area contributed by atoms with Crippen molar-refractivity contribution in [3.63, 3.8) is 0 Å². The Balaban J connectivity index is 1.99. The number of thiophene rings is 1. The lowest BCUT2D eigenvalue weighted by Crippen LogP contribution is -2.21. The van der Waals surface area contributed by atoms with Crippen LogP contribution in [-0.2, 0) is 4.74 Å². The van der Waals surface area contributed by atoms with E-state index in [9.17, 15) is 5.11 Å². The van der Waals surface area contributed by atoms with Gasteiger partial charge >= 0.3 is 0 Å². The molecular formula is C10H14O2S. The molecule has 3 heteroatoms. The third-order valence-corrected chi connectivity index (χ3v) is 3.49. The van der Waals surface area contributed by atoms with E-state index in [-0.39, 0.29) is 6.10 Å². The average molecular weight is 198 g/mol. The van der Waals surface area contributed by atoms with Crippen LogP contribution < -0.4 is 0 Å². The predicted molar refractivity (Wildman–Crippen MR) is 52.8 cm³/mol. The summed E-state index contributed by atoms with van der Waals surface area (Å²) in [6.45, 7) is 1.60. The molecule has 72 valence electrons.